The van der Waals surface area contributed by atoms with Gasteiger partial charge in [-0.25, -0.2) is 17.6 Å². The van der Waals surface area contributed by atoms with Crippen molar-refractivity contribution >= 4 is 27.5 Å². The van der Waals surface area contributed by atoms with E-state index in [1.54, 1.807) is 0 Å². The number of carbonyl (C=O) groups excluding carboxylic acids is 1. The fourth-order valence-corrected chi connectivity index (χ4v) is 2.08. The molecule has 1 aliphatic heterocycles. The number of alkyl halides is 4. The van der Waals surface area contributed by atoms with Crippen LogP contribution in [0.25, 0.3) is 0 Å². The number of carbonyl (C=O) groups is 1. The molecule has 9 heteroatoms. The van der Waals surface area contributed by atoms with Crippen LogP contribution in [-0.4, -0.2) is 40.3 Å². The predicted molar refractivity (Wildman–Crippen MR) is 69.3 cm³/mol. The van der Waals surface area contributed by atoms with Crippen LogP contribution in [0.2, 0.25) is 0 Å². The standard InChI is InChI=1S/C12H9BrF4N2O2/c13-7-3-1-6(2-4-7)10(20)19-12(21,11(16)17)5-8(18-19)9(14)15/h1-4,9,11,21H,5H2/t12-/m0/s1. The van der Waals surface area contributed by atoms with E-state index in [2.05, 4.69) is 21.0 Å². The highest BCUT2D eigenvalue weighted by atomic mass is 79.9. The second-order valence-electron chi connectivity index (χ2n) is 4.37. The second kappa shape index (κ2) is 5.72. The average Bonchev–Trinajstić information content (AvgIpc) is 2.78. The van der Waals surface area contributed by atoms with E-state index in [9.17, 15) is 27.5 Å². The van der Waals surface area contributed by atoms with Crippen molar-refractivity contribution in [1.29, 1.82) is 0 Å². The third-order valence-electron chi connectivity index (χ3n) is 2.92. The minimum Gasteiger partial charge on any atom is -0.364 e. The van der Waals surface area contributed by atoms with Gasteiger partial charge in [0.25, 0.3) is 18.8 Å². The summed E-state index contributed by atoms with van der Waals surface area (Å²) in [5.74, 6) is -1.08. The first-order chi connectivity index (χ1) is 9.75. The number of hydrogen-bond donors (Lipinski definition) is 1. The average molecular weight is 369 g/mol. The van der Waals surface area contributed by atoms with Crippen molar-refractivity contribution in [3.63, 3.8) is 0 Å². The summed E-state index contributed by atoms with van der Waals surface area (Å²) in [6, 6.07) is 5.55. The molecule has 0 spiro atoms. The molecule has 0 fully saturated rings. The van der Waals surface area contributed by atoms with Crippen LogP contribution in [0.1, 0.15) is 16.8 Å². The first-order valence-electron chi connectivity index (χ1n) is 5.72. The number of halogens is 5. The van der Waals surface area contributed by atoms with Gasteiger partial charge in [-0.2, -0.15) is 10.1 Å². The highest BCUT2D eigenvalue weighted by Gasteiger charge is 2.53. The molecular weight excluding hydrogens is 360 g/mol. The Morgan fingerprint density at radius 3 is 2.33 bits per heavy atom. The molecule has 1 aromatic carbocycles. The molecule has 0 aromatic heterocycles. The van der Waals surface area contributed by atoms with Crippen LogP contribution in [0, 0.1) is 0 Å². The number of hydrogen-bond acceptors (Lipinski definition) is 3. The molecule has 1 N–H and O–H groups in total. The summed E-state index contributed by atoms with van der Waals surface area (Å²) in [5, 5.41) is 13.0. The lowest BCUT2D eigenvalue weighted by molar-refractivity contribution is -0.164. The third kappa shape index (κ3) is 2.93. The second-order valence-corrected chi connectivity index (χ2v) is 5.29. The first kappa shape index (κ1) is 15.9. The Morgan fingerprint density at radius 2 is 1.86 bits per heavy atom. The lowest BCUT2D eigenvalue weighted by Crippen LogP contribution is -2.51. The molecule has 114 valence electrons. The molecule has 0 aliphatic carbocycles. The zero-order valence-electron chi connectivity index (χ0n) is 10.3. The lowest BCUT2D eigenvalue weighted by Gasteiger charge is -2.29. The topological polar surface area (TPSA) is 52.9 Å². The van der Waals surface area contributed by atoms with E-state index in [-0.39, 0.29) is 10.6 Å². The molecule has 2 rings (SSSR count). The van der Waals surface area contributed by atoms with E-state index in [1.807, 2.05) is 0 Å². The van der Waals surface area contributed by atoms with Crippen molar-refractivity contribution in [1.82, 2.24) is 5.01 Å². The normalized spacial score (nSPS) is 22.1. The quantitative estimate of drug-likeness (QED) is 0.834. The van der Waals surface area contributed by atoms with E-state index in [0.717, 1.165) is 0 Å². The Kier molecular flexibility index (Phi) is 4.33. The van der Waals surface area contributed by atoms with Gasteiger partial charge in [-0.1, -0.05) is 15.9 Å². The van der Waals surface area contributed by atoms with Gasteiger partial charge in [0.05, 0.1) is 0 Å². The lowest BCUT2D eigenvalue weighted by atomic mass is 10.1. The summed E-state index contributed by atoms with van der Waals surface area (Å²) in [6.07, 6.45) is -7.65. The largest absolute Gasteiger partial charge is 0.364 e. The molecule has 0 saturated heterocycles. The monoisotopic (exact) mass is 368 g/mol. The van der Waals surface area contributed by atoms with Crippen LogP contribution in [0.15, 0.2) is 33.8 Å². The van der Waals surface area contributed by atoms with Gasteiger partial charge in [0, 0.05) is 16.5 Å². The van der Waals surface area contributed by atoms with Gasteiger partial charge in [0.1, 0.15) is 5.71 Å². The Balaban J connectivity index is 2.38. The number of nitrogens with zero attached hydrogens (tertiary/aromatic N) is 2. The van der Waals surface area contributed by atoms with Crippen LogP contribution in [0.3, 0.4) is 0 Å². The summed E-state index contributed by atoms with van der Waals surface area (Å²) < 4.78 is 51.8. The van der Waals surface area contributed by atoms with Crippen molar-refractivity contribution in [3.8, 4) is 0 Å². The van der Waals surface area contributed by atoms with Crippen LogP contribution in [0.5, 0.6) is 0 Å². The SMILES string of the molecule is O=C(c1ccc(Br)cc1)N1N=C(C(F)F)C[C@]1(O)C(F)F. The molecule has 4 nitrogen and oxygen atoms in total. The smallest absolute Gasteiger partial charge is 0.287 e. The highest BCUT2D eigenvalue weighted by Crippen LogP contribution is 2.34. The fourth-order valence-electron chi connectivity index (χ4n) is 1.82. The maximum Gasteiger partial charge on any atom is 0.287 e. The van der Waals surface area contributed by atoms with E-state index in [0.29, 0.717) is 4.47 Å². The van der Waals surface area contributed by atoms with Crippen molar-refractivity contribution < 1.29 is 27.5 Å². The summed E-state index contributed by atoms with van der Waals surface area (Å²) in [5.41, 5.74) is -4.07. The van der Waals surface area contributed by atoms with Crippen LogP contribution in [0.4, 0.5) is 17.6 Å². The molecule has 0 radical (unpaired) electrons. The van der Waals surface area contributed by atoms with Gasteiger partial charge in [0.15, 0.2) is 0 Å². The number of rotatable bonds is 3. The number of hydrazone groups is 1. The van der Waals surface area contributed by atoms with Gasteiger partial charge in [-0.15, -0.1) is 0 Å². The molecule has 1 heterocycles. The van der Waals surface area contributed by atoms with Crippen molar-refractivity contribution in [3.05, 3.63) is 34.3 Å². The van der Waals surface area contributed by atoms with E-state index in [4.69, 9.17) is 0 Å². The van der Waals surface area contributed by atoms with Gasteiger partial charge in [-0.3, -0.25) is 4.79 Å². The molecule has 1 atom stereocenters. The molecular formula is C12H9BrF4N2O2. The molecule has 21 heavy (non-hydrogen) atoms. The Labute approximate surface area is 125 Å². The summed E-state index contributed by atoms with van der Waals surface area (Å²) >= 11 is 3.13. The van der Waals surface area contributed by atoms with Crippen LogP contribution >= 0.6 is 15.9 Å². The van der Waals surface area contributed by atoms with Gasteiger partial charge >= 0.3 is 0 Å². The van der Waals surface area contributed by atoms with E-state index < -0.39 is 36.6 Å². The Bertz CT molecular complexity index is 579. The van der Waals surface area contributed by atoms with Crippen molar-refractivity contribution in [2.45, 2.75) is 25.0 Å². The maximum atomic E-state index is 13.0. The third-order valence-corrected chi connectivity index (χ3v) is 3.45. The van der Waals surface area contributed by atoms with Crippen LogP contribution in [-0.2, 0) is 0 Å². The fraction of sp³-hybridized carbons (Fsp3) is 0.333. The highest BCUT2D eigenvalue weighted by molar-refractivity contribution is 9.10. The Hall–Kier alpha value is -1.48. The van der Waals surface area contributed by atoms with Crippen molar-refractivity contribution in [2.75, 3.05) is 0 Å². The minimum absolute atomic E-state index is 0.0302. The van der Waals surface area contributed by atoms with Crippen molar-refractivity contribution in [2.24, 2.45) is 5.10 Å². The molecule has 1 aromatic rings. The maximum absolute atomic E-state index is 13.0. The predicted octanol–water partition coefficient (Wildman–Crippen LogP) is 2.87. The van der Waals surface area contributed by atoms with E-state index >= 15 is 0 Å². The number of amides is 1. The summed E-state index contributed by atoms with van der Waals surface area (Å²) in [7, 11) is 0. The van der Waals surface area contributed by atoms with Gasteiger partial charge < -0.3 is 5.11 Å². The molecule has 1 amide bonds. The molecule has 0 unspecified atom stereocenters. The van der Waals surface area contributed by atoms with Gasteiger partial charge in [-0.05, 0) is 24.3 Å². The summed E-state index contributed by atoms with van der Waals surface area (Å²) in [6.45, 7) is 0. The molecule has 0 bridgehead atoms. The zero-order valence-corrected chi connectivity index (χ0v) is 11.9. The van der Waals surface area contributed by atoms with E-state index in [1.165, 1.54) is 24.3 Å². The minimum atomic E-state index is -3.43. The van der Waals surface area contributed by atoms with Gasteiger partial charge in [0.2, 0.25) is 5.72 Å². The molecule has 0 saturated carbocycles. The first-order valence-corrected chi connectivity index (χ1v) is 6.51. The van der Waals surface area contributed by atoms with Crippen LogP contribution < -0.4 is 0 Å². The molecule has 1 aliphatic rings. The summed E-state index contributed by atoms with van der Waals surface area (Å²) in [4.78, 5) is 12.1. The number of benzene rings is 1. The number of aliphatic hydroxyl groups is 1. The zero-order chi connectivity index (χ0) is 15.8. The Morgan fingerprint density at radius 1 is 1.29 bits per heavy atom.